The zero-order valence-corrected chi connectivity index (χ0v) is 13.4. The Kier molecular flexibility index (Phi) is 3.59. The summed E-state index contributed by atoms with van der Waals surface area (Å²) in [5, 5.41) is 4.53. The van der Waals surface area contributed by atoms with Gasteiger partial charge in [-0.3, -0.25) is 0 Å². The van der Waals surface area contributed by atoms with Gasteiger partial charge in [0.15, 0.2) is 0 Å². The standard InChI is InChI=1S/C19H20ClNO/c1-22-17-7-3-2-5-14(17)18-13-9-8-12(20)11-16(13)19-15(18)6-4-10-21-19/h2-3,5,7-9,11,15,18-19,21H,4,6,10H2,1H3. The Bertz CT molecular complexity index is 700. The predicted octanol–water partition coefficient (Wildman–Crippen LogP) is 4.53. The number of para-hydroxylation sites is 1. The summed E-state index contributed by atoms with van der Waals surface area (Å²) in [6.07, 6.45) is 2.47. The molecule has 0 aromatic heterocycles. The largest absolute Gasteiger partial charge is 0.496 e. The Hall–Kier alpha value is -1.51. The Morgan fingerprint density at radius 1 is 1.09 bits per heavy atom. The Morgan fingerprint density at radius 2 is 1.95 bits per heavy atom. The number of benzene rings is 2. The van der Waals surface area contributed by atoms with E-state index in [0.717, 1.165) is 17.3 Å². The highest BCUT2D eigenvalue weighted by molar-refractivity contribution is 6.30. The summed E-state index contributed by atoms with van der Waals surface area (Å²) in [6, 6.07) is 15.2. The Labute approximate surface area is 136 Å². The maximum Gasteiger partial charge on any atom is 0.122 e. The summed E-state index contributed by atoms with van der Waals surface area (Å²) in [5.41, 5.74) is 4.07. The van der Waals surface area contributed by atoms with Crippen molar-refractivity contribution in [2.45, 2.75) is 24.8 Å². The zero-order chi connectivity index (χ0) is 15.1. The topological polar surface area (TPSA) is 21.3 Å². The van der Waals surface area contributed by atoms with Gasteiger partial charge in [0.1, 0.15) is 5.75 Å². The number of piperidine rings is 1. The fourth-order valence-electron chi connectivity index (χ4n) is 4.26. The maximum absolute atomic E-state index is 6.25. The van der Waals surface area contributed by atoms with Gasteiger partial charge in [-0.2, -0.15) is 0 Å². The van der Waals surface area contributed by atoms with Crippen molar-refractivity contribution in [3.05, 3.63) is 64.2 Å². The van der Waals surface area contributed by atoms with Gasteiger partial charge in [-0.15, -0.1) is 0 Å². The average molecular weight is 314 g/mol. The number of halogens is 1. The van der Waals surface area contributed by atoms with Gasteiger partial charge in [0.25, 0.3) is 0 Å². The molecule has 1 heterocycles. The quantitative estimate of drug-likeness (QED) is 0.879. The van der Waals surface area contributed by atoms with Gasteiger partial charge in [0, 0.05) is 22.5 Å². The van der Waals surface area contributed by atoms with E-state index in [-0.39, 0.29) is 0 Å². The first kappa shape index (κ1) is 14.1. The molecular weight excluding hydrogens is 294 g/mol. The highest BCUT2D eigenvalue weighted by Gasteiger charge is 2.43. The lowest BCUT2D eigenvalue weighted by Gasteiger charge is -2.31. The van der Waals surface area contributed by atoms with Crippen LogP contribution >= 0.6 is 11.6 Å². The molecule has 1 saturated heterocycles. The monoisotopic (exact) mass is 313 g/mol. The van der Waals surface area contributed by atoms with Crippen LogP contribution in [0.4, 0.5) is 0 Å². The number of nitrogens with one attached hydrogen (secondary N) is 1. The minimum Gasteiger partial charge on any atom is -0.496 e. The molecule has 114 valence electrons. The molecule has 4 rings (SSSR count). The summed E-state index contributed by atoms with van der Waals surface area (Å²) in [5.74, 6) is 1.96. The van der Waals surface area contributed by atoms with Crippen LogP contribution in [0, 0.1) is 5.92 Å². The van der Waals surface area contributed by atoms with Gasteiger partial charge in [-0.05, 0) is 54.6 Å². The molecule has 2 aromatic rings. The Morgan fingerprint density at radius 3 is 2.82 bits per heavy atom. The first-order valence-corrected chi connectivity index (χ1v) is 8.33. The van der Waals surface area contributed by atoms with Crippen LogP contribution in [-0.4, -0.2) is 13.7 Å². The van der Waals surface area contributed by atoms with Gasteiger partial charge in [-0.25, -0.2) is 0 Å². The zero-order valence-electron chi connectivity index (χ0n) is 12.7. The molecule has 1 fully saturated rings. The van der Waals surface area contributed by atoms with Gasteiger partial charge in [0.05, 0.1) is 7.11 Å². The van der Waals surface area contributed by atoms with Crippen LogP contribution in [0.3, 0.4) is 0 Å². The fourth-order valence-corrected chi connectivity index (χ4v) is 4.44. The molecule has 1 aliphatic carbocycles. The average Bonchev–Trinajstić information content (AvgIpc) is 2.88. The number of methoxy groups -OCH3 is 1. The third-order valence-electron chi connectivity index (χ3n) is 5.13. The molecule has 3 unspecified atom stereocenters. The fraction of sp³-hybridized carbons (Fsp3) is 0.368. The molecule has 22 heavy (non-hydrogen) atoms. The summed E-state index contributed by atoms with van der Waals surface area (Å²) in [4.78, 5) is 0. The number of ether oxygens (including phenoxy) is 1. The van der Waals surface area contributed by atoms with Crippen LogP contribution in [0.25, 0.3) is 0 Å². The van der Waals surface area contributed by atoms with Crippen LogP contribution in [0.15, 0.2) is 42.5 Å². The third kappa shape index (κ3) is 2.13. The van der Waals surface area contributed by atoms with E-state index in [1.54, 1.807) is 7.11 Å². The Balaban J connectivity index is 1.88. The summed E-state index contributed by atoms with van der Waals surface area (Å²) in [6.45, 7) is 1.09. The molecule has 3 heteroatoms. The molecule has 2 aliphatic rings. The lowest BCUT2D eigenvalue weighted by molar-refractivity contribution is 0.283. The van der Waals surface area contributed by atoms with Crippen LogP contribution < -0.4 is 10.1 Å². The lowest BCUT2D eigenvalue weighted by atomic mass is 9.80. The molecule has 1 N–H and O–H groups in total. The molecule has 0 amide bonds. The van der Waals surface area contributed by atoms with Gasteiger partial charge in [0.2, 0.25) is 0 Å². The van der Waals surface area contributed by atoms with Crippen molar-refractivity contribution in [1.29, 1.82) is 0 Å². The number of hydrogen-bond donors (Lipinski definition) is 1. The van der Waals surface area contributed by atoms with Gasteiger partial charge >= 0.3 is 0 Å². The molecular formula is C19H20ClNO. The summed E-state index contributed by atoms with van der Waals surface area (Å²) >= 11 is 6.25. The number of fused-ring (bicyclic) bond motifs is 3. The minimum atomic E-state index is 0.390. The summed E-state index contributed by atoms with van der Waals surface area (Å²) < 4.78 is 5.63. The molecule has 3 atom stereocenters. The highest BCUT2D eigenvalue weighted by atomic mass is 35.5. The van der Waals surface area contributed by atoms with Crippen molar-refractivity contribution in [3.63, 3.8) is 0 Å². The van der Waals surface area contributed by atoms with E-state index in [1.165, 1.54) is 29.5 Å². The number of hydrogen-bond acceptors (Lipinski definition) is 2. The molecule has 0 spiro atoms. The molecule has 0 saturated carbocycles. The molecule has 2 aromatic carbocycles. The van der Waals surface area contributed by atoms with Crippen molar-refractivity contribution in [1.82, 2.24) is 5.32 Å². The van der Waals surface area contributed by atoms with Crippen molar-refractivity contribution < 1.29 is 4.74 Å². The molecule has 0 radical (unpaired) electrons. The van der Waals surface area contributed by atoms with Crippen LogP contribution in [0.2, 0.25) is 5.02 Å². The first-order valence-electron chi connectivity index (χ1n) is 7.95. The molecule has 2 nitrogen and oxygen atoms in total. The third-order valence-corrected chi connectivity index (χ3v) is 5.36. The molecule has 1 aliphatic heterocycles. The van der Waals surface area contributed by atoms with Crippen LogP contribution in [-0.2, 0) is 0 Å². The minimum absolute atomic E-state index is 0.390. The highest BCUT2D eigenvalue weighted by Crippen LogP contribution is 2.53. The van der Waals surface area contributed by atoms with E-state index < -0.39 is 0 Å². The van der Waals surface area contributed by atoms with Gasteiger partial charge < -0.3 is 10.1 Å². The predicted molar refractivity (Wildman–Crippen MR) is 89.8 cm³/mol. The van der Waals surface area contributed by atoms with E-state index in [1.807, 2.05) is 12.1 Å². The van der Waals surface area contributed by atoms with Crippen molar-refractivity contribution in [2.24, 2.45) is 5.92 Å². The SMILES string of the molecule is COc1ccccc1C1c2ccc(Cl)cc2C2NCCCC21. The van der Waals surface area contributed by atoms with Crippen molar-refractivity contribution in [2.75, 3.05) is 13.7 Å². The van der Waals surface area contributed by atoms with E-state index in [4.69, 9.17) is 16.3 Å². The smallest absolute Gasteiger partial charge is 0.122 e. The normalized spacial score (nSPS) is 26.4. The van der Waals surface area contributed by atoms with E-state index in [2.05, 4.69) is 35.6 Å². The van der Waals surface area contributed by atoms with Gasteiger partial charge in [-0.1, -0.05) is 35.9 Å². The first-order chi connectivity index (χ1) is 10.8. The second kappa shape index (κ2) is 5.60. The number of rotatable bonds is 2. The lowest BCUT2D eigenvalue weighted by Crippen LogP contribution is -2.33. The maximum atomic E-state index is 6.25. The van der Waals surface area contributed by atoms with E-state index in [9.17, 15) is 0 Å². The van der Waals surface area contributed by atoms with E-state index >= 15 is 0 Å². The second-order valence-corrected chi connectivity index (χ2v) is 6.67. The van der Waals surface area contributed by atoms with Crippen LogP contribution in [0.5, 0.6) is 5.75 Å². The summed E-state index contributed by atoms with van der Waals surface area (Å²) in [7, 11) is 1.76. The van der Waals surface area contributed by atoms with Crippen LogP contribution in [0.1, 0.15) is 41.5 Å². The van der Waals surface area contributed by atoms with E-state index in [0.29, 0.717) is 17.9 Å². The van der Waals surface area contributed by atoms with Crippen molar-refractivity contribution in [3.8, 4) is 5.75 Å². The molecule has 0 bridgehead atoms. The second-order valence-electron chi connectivity index (χ2n) is 6.23. The van der Waals surface area contributed by atoms with Crippen molar-refractivity contribution >= 4 is 11.6 Å².